The molecule has 1 fully saturated rings. The molecule has 3 atom stereocenters. The van der Waals surface area contributed by atoms with Gasteiger partial charge in [0.2, 0.25) is 0 Å². The molecule has 0 heterocycles. The number of allylic oxidation sites excluding steroid dienone is 2. The molecule has 0 spiro atoms. The summed E-state index contributed by atoms with van der Waals surface area (Å²) in [6.07, 6.45) is 9.28. The van der Waals surface area contributed by atoms with Gasteiger partial charge in [-0.3, -0.25) is 0 Å². The average Bonchev–Trinajstić information content (AvgIpc) is 2.45. The number of fused-ring (bicyclic) bond motifs is 3. The molecular weight excluding hydrogens is 276 g/mol. The molecule has 0 aliphatic heterocycles. The summed E-state index contributed by atoms with van der Waals surface area (Å²) in [5.41, 5.74) is 7.02. The summed E-state index contributed by atoms with van der Waals surface area (Å²) in [7, 11) is 0. The zero-order chi connectivity index (χ0) is 16.8. The summed E-state index contributed by atoms with van der Waals surface area (Å²) in [6.45, 7) is 14.2. The van der Waals surface area contributed by atoms with Crippen molar-refractivity contribution in [1.29, 1.82) is 0 Å². The number of rotatable bonds is 2. The summed E-state index contributed by atoms with van der Waals surface area (Å²) >= 11 is 0. The molecule has 0 nitrogen and oxygen atoms in total. The first kappa shape index (κ1) is 16.8. The van der Waals surface area contributed by atoms with Gasteiger partial charge in [-0.25, -0.2) is 0 Å². The van der Waals surface area contributed by atoms with Crippen LogP contribution in [0.4, 0.5) is 0 Å². The summed E-state index contributed by atoms with van der Waals surface area (Å²) in [5, 5.41) is 0. The van der Waals surface area contributed by atoms with Gasteiger partial charge in [-0.15, -0.1) is 0 Å². The van der Waals surface area contributed by atoms with Crippen molar-refractivity contribution < 1.29 is 0 Å². The van der Waals surface area contributed by atoms with Crippen LogP contribution < -0.4 is 0 Å². The van der Waals surface area contributed by atoms with Gasteiger partial charge in [-0.05, 0) is 78.9 Å². The van der Waals surface area contributed by atoms with Gasteiger partial charge in [-0.2, -0.15) is 0 Å². The van der Waals surface area contributed by atoms with Crippen molar-refractivity contribution in [3.8, 4) is 0 Å². The van der Waals surface area contributed by atoms with Crippen LogP contribution in [-0.2, 0) is 11.8 Å². The van der Waals surface area contributed by atoms with Crippen LogP contribution >= 0.6 is 0 Å². The second-order valence-electron chi connectivity index (χ2n) is 9.16. The highest BCUT2D eigenvalue weighted by Gasteiger charge is 2.50. The lowest BCUT2D eigenvalue weighted by molar-refractivity contribution is 0.0626. The maximum Gasteiger partial charge on any atom is -0.00360 e. The molecule has 0 aromatic heterocycles. The first-order valence-corrected chi connectivity index (χ1v) is 9.56. The first-order valence-electron chi connectivity index (χ1n) is 9.56. The fourth-order valence-electron chi connectivity index (χ4n) is 5.75. The molecule has 1 aromatic rings. The summed E-state index contributed by atoms with van der Waals surface area (Å²) in [4.78, 5) is 0. The van der Waals surface area contributed by atoms with E-state index in [0.717, 1.165) is 5.92 Å². The Morgan fingerprint density at radius 1 is 1.17 bits per heavy atom. The molecule has 0 bridgehead atoms. The highest BCUT2D eigenvalue weighted by atomic mass is 14.5. The van der Waals surface area contributed by atoms with Gasteiger partial charge < -0.3 is 0 Å². The Balaban J connectivity index is 2.06. The lowest BCUT2D eigenvalue weighted by atomic mass is 9.49. The monoisotopic (exact) mass is 310 g/mol. The lowest BCUT2D eigenvalue weighted by Crippen LogP contribution is -2.48. The molecule has 1 saturated carbocycles. The smallest absolute Gasteiger partial charge is 0.00360 e. The van der Waals surface area contributed by atoms with Gasteiger partial charge in [0, 0.05) is 0 Å². The van der Waals surface area contributed by atoms with E-state index >= 15 is 0 Å². The van der Waals surface area contributed by atoms with Gasteiger partial charge in [0.1, 0.15) is 0 Å². The van der Waals surface area contributed by atoms with Crippen molar-refractivity contribution >= 4 is 0 Å². The maximum atomic E-state index is 2.59. The van der Waals surface area contributed by atoms with Crippen LogP contribution in [-0.4, -0.2) is 0 Å². The highest BCUT2D eigenvalue weighted by Crippen LogP contribution is 2.58. The van der Waals surface area contributed by atoms with Crippen molar-refractivity contribution in [3.05, 3.63) is 46.5 Å². The first-order chi connectivity index (χ1) is 10.8. The van der Waals surface area contributed by atoms with Gasteiger partial charge in [-0.1, -0.05) is 64.0 Å². The summed E-state index contributed by atoms with van der Waals surface area (Å²) in [6, 6.07) is 7.38. The molecule has 126 valence electrons. The fourth-order valence-corrected chi connectivity index (χ4v) is 5.75. The predicted molar refractivity (Wildman–Crippen MR) is 101 cm³/mol. The molecule has 2 aliphatic rings. The van der Waals surface area contributed by atoms with Crippen molar-refractivity contribution in [2.24, 2.45) is 11.3 Å². The van der Waals surface area contributed by atoms with Crippen LogP contribution in [0.15, 0.2) is 29.8 Å². The fraction of sp³-hybridized carbons (Fsp3) is 0.652. The van der Waals surface area contributed by atoms with E-state index in [2.05, 4.69) is 65.8 Å². The highest BCUT2D eigenvalue weighted by molar-refractivity contribution is 5.42. The molecule has 3 rings (SSSR count). The number of hydrogen-bond donors (Lipinski definition) is 0. The number of aryl methyl sites for hydroxylation is 1. The molecule has 0 N–H and O–H groups in total. The van der Waals surface area contributed by atoms with Gasteiger partial charge in [0.25, 0.3) is 0 Å². The van der Waals surface area contributed by atoms with E-state index in [1.165, 1.54) is 43.2 Å². The van der Waals surface area contributed by atoms with E-state index in [1.807, 2.05) is 0 Å². The van der Waals surface area contributed by atoms with E-state index in [9.17, 15) is 0 Å². The van der Waals surface area contributed by atoms with Crippen molar-refractivity contribution in [2.75, 3.05) is 0 Å². The molecule has 0 heteroatoms. The van der Waals surface area contributed by atoms with Crippen LogP contribution in [0.25, 0.3) is 0 Å². The Morgan fingerprint density at radius 2 is 1.91 bits per heavy atom. The van der Waals surface area contributed by atoms with E-state index in [1.54, 1.807) is 11.1 Å². The van der Waals surface area contributed by atoms with E-state index < -0.39 is 0 Å². The van der Waals surface area contributed by atoms with Crippen LogP contribution in [0.1, 0.15) is 89.8 Å². The van der Waals surface area contributed by atoms with E-state index in [0.29, 0.717) is 16.7 Å². The predicted octanol–water partition coefficient (Wildman–Crippen LogP) is 6.79. The number of benzene rings is 1. The summed E-state index contributed by atoms with van der Waals surface area (Å²) in [5.74, 6) is 1.42. The second-order valence-corrected chi connectivity index (χ2v) is 9.16. The third-order valence-electron chi connectivity index (χ3n) is 6.71. The van der Waals surface area contributed by atoms with Gasteiger partial charge >= 0.3 is 0 Å². The van der Waals surface area contributed by atoms with E-state index in [4.69, 9.17) is 0 Å². The third-order valence-corrected chi connectivity index (χ3v) is 6.71. The van der Waals surface area contributed by atoms with Crippen LogP contribution in [0.5, 0.6) is 0 Å². The second kappa shape index (κ2) is 5.80. The average molecular weight is 311 g/mol. The van der Waals surface area contributed by atoms with E-state index in [-0.39, 0.29) is 0 Å². The Labute approximate surface area is 143 Å². The molecule has 23 heavy (non-hydrogen) atoms. The van der Waals surface area contributed by atoms with Gasteiger partial charge in [0.05, 0.1) is 0 Å². The third kappa shape index (κ3) is 2.79. The molecule has 0 amide bonds. The van der Waals surface area contributed by atoms with Crippen molar-refractivity contribution in [3.63, 3.8) is 0 Å². The minimum atomic E-state index is 0.363. The zero-order valence-corrected chi connectivity index (χ0v) is 16.0. The Bertz CT molecular complexity index is 617. The van der Waals surface area contributed by atoms with Crippen LogP contribution in [0.2, 0.25) is 0 Å². The van der Waals surface area contributed by atoms with Crippen LogP contribution in [0.3, 0.4) is 0 Å². The normalized spacial score (nSPS) is 33.1. The Hall–Kier alpha value is -1.04. The molecule has 0 saturated heterocycles. The molecule has 2 aliphatic carbocycles. The number of hydrogen-bond acceptors (Lipinski definition) is 0. The maximum absolute atomic E-state index is 2.59. The van der Waals surface area contributed by atoms with Gasteiger partial charge in [0.15, 0.2) is 0 Å². The molecule has 0 unspecified atom stereocenters. The lowest BCUT2D eigenvalue weighted by Gasteiger charge is -2.55. The quantitative estimate of drug-likeness (QED) is 0.528. The topological polar surface area (TPSA) is 0 Å². The van der Waals surface area contributed by atoms with Crippen molar-refractivity contribution in [1.82, 2.24) is 0 Å². The molecule has 0 radical (unpaired) electrons. The van der Waals surface area contributed by atoms with Crippen molar-refractivity contribution in [2.45, 2.75) is 85.0 Å². The van der Waals surface area contributed by atoms with Crippen LogP contribution in [0, 0.1) is 11.3 Å². The minimum Gasteiger partial charge on any atom is -0.0799 e. The molecule has 1 aromatic carbocycles. The SMILES string of the molecule is CC(C)=C[C@]1(C)CCC[C@]2(C)c3ccc(C(C)C)cc3CC[C@@H]12. The Morgan fingerprint density at radius 3 is 2.57 bits per heavy atom. The Kier molecular flexibility index (Phi) is 4.23. The standard InChI is InChI=1S/C23H34/c1-16(2)15-22(5)12-7-13-23(6)20-10-8-18(17(3)4)14-19(20)9-11-21(22)23/h8,10,14-15,17,21H,7,9,11-13H2,1-6H3/t21-,22-,23+/m0/s1. The molecular formula is C23H34. The summed E-state index contributed by atoms with van der Waals surface area (Å²) < 4.78 is 0. The largest absolute Gasteiger partial charge is 0.0799 e. The zero-order valence-electron chi connectivity index (χ0n) is 16.0. The minimum absolute atomic E-state index is 0.363.